The molecular weight excluding hydrogens is 395 g/mol. The first-order valence-corrected chi connectivity index (χ1v) is 8.74. The van der Waals surface area contributed by atoms with Gasteiger partial charge in [0.05, 0.1) is 36.2 Å². The van der Waals surface area contributed by atoms with Gasteiger partial charge in [-0.25, -0.2) is 14.0 Å². The second-order valence-electron chi connectivity index (χ2n) is 6.32. The summed E-state index contributed by atoms with van der Waals surface area (Å²) in [6.07, 6.45) is 2.94. The fourth-order valence-electron chi connectivity index (χ4n) is 3.14. The first kappa shape index (κ1) is 20.7. The summed E-state index contributed by atoms with van der Waals surface area (Å²) < 4.78 is 23.1. The Balaban J connectivity index is 2.15. The monoisotopic (exact) mass is 412 g/mol. The SMILES string of the molecule is COC(=O)C1=CN(c2ccc(F)cc2)C=C(C(=O)OC)C1c1ccc([N+](=O)[O-])cc1. The van der Waals surface area contributed by atoms with E-state index >= 15 is 0 Å². The molecule has 1 heterocycles. The maximum absolute atomic E-state index is 13.3. The average molecular weight is 412 g/mol. The number of esters is 2. The van der Waals surface area contributed by atoms with E-state index in [-0.39, 0.29) is 16.8 Å². The molecule has 0 saturated carbocycles. The molecule has 0 aliphatic carbocycles. The number of nitro benzene ring substituents is 1. The molecule has 0 fully saturated rings. The van der Waals surface area contributed by atoms with Gasteiger partial charge in [0.25, 0.3) is 5.69 Å². The normalized spacial score (nSPS) is 13.9. The number of benzene rings is 2. The molecule has 0 bridgehead atoms. The third kappa shape index (κ3) is 4.04. The molecule has 0 N–H and O–H groups in total. The zero-order valence-electron chi connectivity index (χ0n) is 16.1. The lowest BCUT2D eigenvalue weighted by Crippen LogP contribution is -2.28. The number of ether oxygens (including phenoxy) is 2. The number of nitro groups is 1. The van der Waals surface area contributed by atoms with Crippen molar-refractivity contribution in [1.82, 2.24) is 0 Å². The van der Waals surface area contributed by atoms with Gasteiger partial charge in [0.1, 0.15) is 5.82 Å². The molecule has 154 valence electrons. The molecule has 9 heteroatoms. The summed E-state index contributed by atoms with van der Waals surface area (Å²) in [6, 6.07) is 10.9. The molecule has 0 aromatic heterocycles. The highest BCUT2D eigenvalue weighted by Crippen LogP contribution is 2.38. The minimum atomic E-state index is -0.873. The predicted octanol–water partition coefficient (Wildman–Crippen LogP) is 3.45. The first-order chi connectivity index (χ1) is 14.3. The number of carbonyl (C=O) groups is 2. The van der Waals surface area contributed by atoms with Gasteiger partial charge in [0, 0.05) is 30.2 Å². The molecule has 0 saturated heterocycles. The molecule has 2 aromatic rings. The topological polar surface area (TPSA) is 99.0 Å². The highest BCUT2D eigenvalue weighted by Gasteiger charge is 2.35. The van der Waals surface area contributed by atoms with Crippen molar-refractivity contribution in [3.05, 3.63) is 93.6 Å². The molecule has 1 aliphatic rings. The van der Waals surface area contributed by atoms with Crippen molar-refractivity contribution in [2.24, 2.45) is 0 Å². The van der Waals surface area contributed by atoms with Crippen LogP contribution < -0.4 is 4.90 Å². The van der Waals surface area contributed by atoms with Crippen molar-refractivity contribution in [2.45, 2.75) is 5.92 Å². The molecule has 30 heavy (non-hydrogen) atoms. The summed E-state index contributed by atoms with van der Waals surface area (Å²) >= 11 is 0. The highest BCUT2D eigenvalue weighted by molar-refractivity contribution is 5.99. The minimum Gasteiger partial charge on any atom is -0.466 e. The van der Waals surface area contributed by atoms with Gasteiger partial charge in [-0.15, -0.1) is 0 Å². The Kier molecular flexibility index (Phi) is 5.91. The van der Waals surface area contributed by atoms with Crippen LogP contribution in [0.4, 0.5) is 15.8 Å². The number of anilines is 1. The Morgan fingerprint density at radius 3 is 1.87 bits per heavy atom. The molecule has 0 atom stereocenters. The summed E-state index contributed by atoms with van der Waals surface area (Å²) in [5.74, 6) is -2.70. The predicted molar refractivity (Wildman–Crippen MR) is 105 cm³/mol. The Bertz CT molecular complexity index is 1010. The van der Waals surface area contributed by atoms with Crippen molar-refractivity contribution in [1.29, 1.82) is 0 Å². The van der Waals surface area contributed by atoms with Crippen LogP contribution in [0.1, 0.15) is 11.5 Å². The highest BCUT2D eigenvalue weighted by atomic mass is 19.1. The van der Waals surface area contributed by atoms with E-state index in [1.807, 2.05) is 0 Å². The number of methoxy groups -OCH3 is 2. The lowest BCUT2D eigenvalue weighted by Gasteiger charge is -2.30. The van der Waals surface area contributed by atoms with Gasteiger partial charge in [-0.05, 0) is 29.8 Å². The molecule has 0 unspecified atom stereocenters. The first-order valence-electron chi connectivity index (χ1n) is 8.74. The van der Waals surface area contributed by atoms with Crippen LogP contribution in [0.5, 0.6) is 0 Å². The largest absolute Gasteiger partial charge is 0.466 e. The van der Waals surface area contributed by atoms with Crippen LogP contribution in [0.3, 0.4) is 0 Å². The number of hydrogen-bond donors (Lipinski definition) is 0. The van der Waals surface area contributed by atoms with Gasteiger partial charge in [-0.3, -0.25) is 10.1 Å². The van der Waals surface area contributed by atoms with Gasteiger partial charge >= 0.3 is 11.9 Å². The second kappa shape index (κ2) is 8.56. The molecule has 0 amide bonds. The summed E-state index contributed by atoms with van der Waals surface area (Å²) in [5, 5.41) is 11.0. The fourth-order valence-corrected chi connectivity index (χ4v) is 3.14. The quantitative estimate of drug-likeness (QED) is 0.421. The van der Waals surface area contributed by atoms with E-state index in [1.54, 1.807) is 0 Å². The number of nitrogens with zero attached hydrogens (tertiary/aromatic N) is 2. The Morgan fingerprint density at radius 2 is 1.43 bits per heavy atom. The Hall–Kier alpha value is -4.01. The number of halogens is 1. The lowest BCUT2D eigenvalue weighted by molar-refractivity contribution is -0.384. The minimum absolute atomic E-state index is 0.110. The van der Waals surface area contributed by atoms with E-state index in [1.165, 1.54) is 80.1 Å². The lowest BCUT2D eigenvalue weighted by atomic mass is 9.83. The number of rotatable bonds is 5. The van der Waals surface area contributed by atoms with Crippen LogP contribution in [0.25, 0.3) is 0 Å². The van der Waals surface area contributed by atoms with Crippen molar-refractivity contribution in [3.63, 3.8) is 0 Å². The molecule has 0 spiro atoms. The molecule has 2 aromatic carbocycles. The van der Waals surface area contributed by atoms with Gasteiger partial charge < -0.3 is 14.4 Å². The van der Waals surface area contributed by atoms with Crippen molar-refractivity contribution in [2.75, 3.05) is 19.1 Å². The molecular formula is C21H17FN2O6. The van der Waals surface area contributed by atoms with E-state index in [0.717, 1.165) is 0 Å². The summed E-state index contributed by atoms with van der Waals surface area (Å²) in [4.78, 5) is 37.0. The molecule has 3 rings (SSSR count). The van der Waals surface area contributed by atoms with E-state index in [4.69, 9.17) is 9.47 Å². The standard InChI is InChI=1S/C21H17FN2O6/c1-29-20(25)17-11-23(15-9-5-14(22)6-10-15)12-18(21(26)30-2)19(17)13-3-7-16(8-4-13)24(27)28/h3-12,19H,1-2H3. The number of hydrogen-bond acceptors (Lipinski definition) is 7. The second-order valence-corrected chi connectivity index (χ2v) is 6.32. The maximum Gasteiger partial charge on any atom is 0.336 e. The fraction of sp³-hybridized carbons (Fsp3) is 0.143. The van der Waals surface area contributed by atoms with Crippen LogP contribution in [-0.2, 0) is 19.1 Å². The van der Waals surface area contributed by atoms with Crippen LogP contribution in [0.2, 0.25) is 0 Å². The summed E-state index contributed by atoms with van der Waals surface area (Å²) in [6.45, 7) is 0. The summed E-state index contributed by atoms with van der Waals surface area (Å²) in [5.41, 5.74) is 1.06. The third-order valence-electron chi connectivity index (χ3n) is 4.58. The number of non-ortho nitro benzene ring substituents is 1. The van der Waals surface area contributed by atoms with Crippen molar-refractivity contribution < 1.29 is 28.4 Å². The van der Waals surface area contributed by atoms with E-state index in [9.17, 15) is 24.1 Å². The Labute approximate surface area is 171 Å². The van der Waals surface area contributed by atoms with Crippen LogP contribution in [0, 0.1) is 15.9 Å². The average Bonchev–Trinajstić information content (AvgIpc) is 2.77. The zero-order chi connectivity index (χ0) is 21.8. The van der Waals surface area contributed by atoms with Gasteiger partial charge in [-0.2, -0.15) is 0 Å². The molecule has 8 nitrogen and oxygen atoms in total. The van der Waals surface area contributed by atoms with Crippen LogP contribution >= 0.6 is 0 Å². The Morgan fingerprint density at radius 1 is 0.933 bits per heavy atom. The van der Waals surface area contributed by atoms with Gasteiger partial charge in [0.15, 0.2) is 0 Å². The number of carbonyl (C=O) groups excluding carboxylic acids is 2. The molecule has 1 aliphatic heterocycles. The molecule has 0 radical (unpaired) electrons. The van der Waals surface area contributed by atoms with Crippen molar-refractivity contribution in [3.8, 4) is 0 Å². The van der Waals surface area contributed by atoms with Gasteiger partial charge in [-0.1, -0.05) is 12.1 Å². The zero-order valence-corrected chi connectivity index (χ0v) is 16.1. The van der Waals surface area contributed by atoms with Gasteiger partial charge in [0.2, 0.25) is 0 Å². The third-order valence-corrected chi connectivity index (χ3v) is 4.58. The van der Waals surface area contributed by atoms with E-state index in [0.29, 0.717) is 11.3 Å². The van der Waals surface area contributed by atoms with Crippen LogP contribution in [-0.4, -0.2) is 31.1 Å². The van der Waals surface area contributed by atoms with E-state index < -0.39 is 28.6 Å². The van der Waals surface area contributed by atoms with Crippen LogP contribution in [0.15, 0.2) is 72.1 Å². The van der Waals surface area contributed by atoms with E-state index in [2.05, 4.69) is 0 Å². The maximum atomic E-state index is 13.3. The summed E-state index contributed by atoms with van der Waals surface area (Å²) in [7, 11) is 2.41. The van der Waals surface area contributed by atoms with Crippen molar-refractivity contribution >= 4 is 23.3 Å². The smallest absolute Gasteiger partial charge is 0.336 e.